The molecule has 132 valence electrons. The van der Waals surface area contributed by atoms with Gasteiger partial charge in [0, 0.05) is 23.9 Å². The molecule has 0 spiro atoms. The molecule has 0 fully saturated rings. The number of carbonyl (C=O) groups is 1. The Labute approximate surface area is 151 Å². The lowest BCUT2D eigenvalue weighted by Gasteiger charge is -2.12. The first kappa shape index (κ1) is 17.3. The number of aromatic nitrogens is 1. The molecule has 0 saturated carbocycles. The normalized spacial score (nSPS) is 10.1. The molecule has 6 heteroatoms. The average molecular weight is 350 g/mol. The molecular weight excluding hydrogens is 332 g/mol. The summed E-state index contributed by atoms with van der Waals surface area (Å²) in [5.41, 5.74) is 0.969. The van der Waals surface area contributed by atoms with Crippen molar-refractivity contribution in [3.8, 4) is 23.1 Å². The summed E-state index contributed by atoms with van der Waals surface area (Å²) in [7, 11) is 3.10. The molecular formula is C20H18N2O4. The topological polar surface area (TPSA) is 69.7 Å². The molecule has 2 aromatic carbocycles. The molecule has 1 heterocycles. The van der Waals surface area contributed by atoms with Crippen LogP contribution in [-0.2, 0) is 0 Å². The summed E-state index contributed by atoms with van der Waals surface area (Å²) in [6.45, 7) is 0. The summed E-state index contributed by atoms with van der Waals surface area (Å²) in [5.74, 6) is 1.85. The van der Waals surface area contributed by atoms with E-state index in [9.17, 15) is 4.79 Å². The van der Waals surface area contributed by atoms with Gasteiger partial charge in [-0.15, -0.1) is 0 Å². The van der Waals surface area contributed by atoms with Gasteiger partial charge in [0.25, 0.3) is 5.91 Å². The van der Waals surface area contributed by atoms with E-state index in [0.29, 0.717) is 34.4 Å². The number of benzene rings is 2. The Bertz CT molecular complexity index is 897. The number of rotatable bonds is 6. The maximum Gasteiger partial charge on any atom is 0.255 e. The van der Waals surface area contributed by atoms with Crippen molar-refractivity contribution >= 4 is 11.6 Å². The van der Waals surface area contributed by atoms with Gasteiger partial charge < -0.3 is 19.5 Å². The van der Waals surface area contributed by atoms with Gasteiger partial charge in [-0.25, -0.2) is 4.98 Å². The van der Waals surface area contributed by atoms with Gasteiger partial charge in [-0.05, 0) is 36.4 Å². The molecule has 0 radical (unpaired) electrons. The molecule has 0 atom stereocenters. The van der Waals surface area contributed by atoms with Crippen molar-refractivity contribution in [2.75, 3.05) is 19.5 Å². The maximum absolute atomic E-state index is 12.6. The minimum Gasteiger partial charge on any atom is -0.497 e. The first-order chi connectivity index (χ1) is 12.7. The highest BCUT2D eigenvalue weighted by molar-refractivity contribution is 6.05. The molecule has 0 unspecified atom stereocenters. The molecule has 0 aliphatic rings. The Kier molecular flexibility index (Phi) is 5.34. The van der Waals surface area contributed by atoms with Crippen molar-refractivity contribution < 1.29 is 19.0 Å². The number of nitrogens with zero attached hydrogens (tertiary/aromatic N) is 1. The Balaban J connectivity index is 1.79. The summed E-state index contributed by atoms with van der Waals surface area (Å²) in [4.78, 5) is 16.7. The van der Waals surface area contributed by atoms with E-state index in [2.05, 4.69) is 10.3 Å². The van der Waals surface area contributed by atoms with Crippen molar-refractivity contribution in [2.24, 2.45) is 0 Å². The van der Waals surface area contributed by atoms with Crippen molar-refractivity contribution in [3.05, 3.63) is 72.4 Å². The van der Waals surface area contributed by atoms with Gasteiger partial charge in [0.05, 0.1) is 19.9 Å². The third kappa shape index (κ3) is 4.10. The van der Waals surface area contributed by atoms with Crippen LogP contribution in [0.5, 0.6) is 23.1 Å². The number of methoxy groups -OCH3 is 2. The largest absolute Gasteiger partial charge is 0.497 e. The van der Waals surface area contributed by atoms with Gasteiger partial charge in [-0.1, -0.05) is 12.1 Å². The summed E-state index contributed by atoms with van der Waals surface area (Å²) in [6.07, 6.45) is 1.64. The van der Waals surface area contributed by atoms with Crippen molar-refractivity contribution in [3.63, 3.8) is 0 Å². The summed E-state index contributed by atoms with van der Waals surface area (Å²) in [5, 5.41) is 2.83. The van der Waals surface area contributed by atoms with Crippen molar-refractivity contribution in [1.29, 1.82) is 0 Å². The average Bonchev–Trinajstić information content (AvgIpc) is 2.69. The van der Waals surface area contributed by atoms with Crippen LogP contribution in [0.25, 0.3) is 0 Å². The lowest BCUT2D eigenvalue weighted by Crippen LogP contribution is -2.12. The molecule has 0 bridgehead atoms. The first-order valence-corrected chi connectivity index (χ1v) is 7.92. The lowest BCUT2D eigenvalue weighted by molar-refractivity contribution is 0.102. The van der Waals surface area contributed by atoms with Crippen LogP contribution >= 0.6 is 0 Å². The molecule has 6 nitrogen and oxygen atoms in total. The SMILES string of the molecule is COc1ccc(OC)c(NC(=O)c2cccc(Oc3ccccn3)c2)c1. The van der Waals surface area contributed by atoms with Gasteiger partial charge in [-0.2, -0.15) is 0 Å². The molecule has 1 N–H and O–H groups in total. The zero-order valence-corrected chi connectivity index (χ0v) is 14.4. The summed E-state index contributed by atoms with van der Waals surface area (Å²) >= 11 is 0. The maximum atomic E-state index is 12.6. The fraction of sp³-hybridized carbons (Fsp3) is 0.100. The first-order valence-electron chi connectivity index (χ1n) is 7.92. The van der Waals surface area contributed by atoms with Gasteiger partial charge in [0.2, 0.25) is 5.88 Å². The van der Waals surface area contributed by atoms with Crippen molar-refractivity contribution in [2.45, 2.75) is 0 Å². The zero-order valence-electron chi connectivity index (χ0n) is 14.4. The lowest BCUT2D eigenvalue weighted by atomic mass is 10.2. The highest BCUT2D eigenvalue weighted by Crippen LogP contribution is 2.29. The van der Waals surface area contributed by atoms with Crippen LogP contribution in [0.15, 0.2) is 66.9 Å². The Hall–Kier alpha value is -3.54. The molecule has 26 heavy (non-hydrogen) atoms. The van der Waals surface area contributed by atoms with E-state index in [1.54, 1.807) is 75.0 Å². The second-order valence-electron chi connectivity index (χ2n) is 5.32. The summed E-state index contributed by atoms with van der Waals surface area (Å²) < 4.78 is 16.1. The number of amides is 1. The number of hydrogen-bond donors (Lipinski definition) is 1. The van der Waals surface area contributed by atoms with E-state index < -0.39 is 0 Å². The number of ether oxygens (including phenoxy) is 3. The molecule has 3 aromatic rings. The predicted octanol–water partition coefficient (Wildman–Crippen LogP) is 4.14. The molecule has 1 amide bonds. The van der Waals surface area contributed by atoms with E-state index >= 15 is 0 Å². The third-order valence-electron chi connectivity index (χ3n) is 3.61. The highest BCUT2D eigenvalue weighted by atomic mass is 16.5. The van der Waals surface area contributed by atoms with Crippen LogP contribution < -0.4 is 19.5 Å². The van der Waals surface area contributed by atoms with Gasteiger partial charge in [0.15, 0.2) is 0 Å². The van der Waals surface area contributed by atoms with E-state index in [-0.39, 0.29) is 5.91 Å². The molecule has 0 aliphatic carbocycles. The van der Waals surface area contributed by atoms with Crippen molar-refractivity contribution in [1.82, 2.24) is 4.98 Å². The zero-order chi connectivity index (χ0) is 18.4. The number of carbonyl (C=O) groups excluding carboxylic acids is 1. The Morgan fingerprint density at radius 3 is 2.54 bits per heavy atom. The van der Waals surface area contributed by atoms with Crippen LogP contribution in [0.2, 0.25) is 0 Å². The standard InChI is InChI=1S/C20H18N2O4/c1-24-15-9-10-18(25-2)17(13-15)22-20(23)14-6-5-7-16(12-14)26-19-8-3-4-11-21-19/h3-13H,1-2H3,(H,22,23). The number of anilines is 1. The van der Waals surface area contributed by atoms with E-state index in [0.717, 1.165) is 0 Å². The molecule has 0 aliphatic heterocycles. The van der Waals surface area contributed by atoms with Crippen LogP contribution in [-0.4, -0.2) is 25.1 Å². The van der Waals surface area contributed by atoms with Gasteiger partial charge in [0.1, 0.15) is 17.2 Å². The fourth-order valence-electron chi connectivity index (χ4n) is 2.34. The number of hydrogen-bond acceptors (Lipinski definition) is 5. The minimum absolute atomic E-state index is 0.289. The highest BCUT2D eigenvalue weighted by Gasteiger charge is 2.12. The van der Waals surface area contributed by atoms with Gasteiger partial charge in [-0.3, -0.25) is 4.79 Å². The predicted molar refractivity (Wildman–Crippen MR) is 98.3 cm³/mol. The Morgan fingerprint density at radius 1 is 0.923 bits per heavy atom. The molecule has 3 rings (SSSR count). The molecule has 0 saturated heterocycles. The summed E-state index contributed by atoms with van der Waals surface area (Å²) in [6, 6.07) is 17.4. The van der Waals surface area contributed by atoms with Crippen LogP contribution in [0, 0.1) is 0 Å². The third-order valence-corrected chi connectivity index (χ3v) is 3.61. The second-order valence-corrected chi connectivity index (χ2v) is 5.32. The van der Waals surface area contributed by atoms with E-state index in [1.165, 1.54) is 0 Å². The fourth-order valence-corrected chi connectivity index (χ4v) is 2.34. The molecule has 1 aromatic heterocycles. The monoisotopic (exact) mass is 350 g/mol. The van der Waals surface area contributed by atoms with E-state index in [1.807, 2.05) is 6.07 Å². The van der Waals surface area contributed by atoms with Crippen LogP contribution in [0.3, 0.4) is 0 Å². The number of pyridine rings is 1. The minimum atomic E-state index is -0.289. The van der Waals surface area contributed by atoms with Crippen LogP contribution in [0.4, 0.5) is 5.69 Å². The van der Waals surface area contributed by atoms with E-state index in [4.69, 9.17) is 14.2 Å². The smallest absolute Gasteiger partial charge is 0.255 e. The van der Waals surface area contributed by atoms with Gasteiger partial charge >= 0.3 is 0 Å². The number of nitrogens with one attached hydrogen (secondary N) is 1. The second kappa shape index (κ2) is 8.02. The quantitative estimate of drug-likeness (QED) is 0.723. The van der Waals surface area contributed by atoms with Crippen LogP contribution in [0.1, 0.15) is 10.4 Å². The Morgan fingerprint density at radius 2 is 1.81 bits per heavy atom.